The Balaban J connectivity index is 1.62. The molecule has 0 bridgehead atoms. The second kappa shape index (κ2) is 11.3. The van der Waals surface area contributed by atoms with E-state index in [2.05, 4.69) is 5.32 Å². The quantitative estimate of drug-likeness (QED) is 0.199. The normalized spacial score (nSPS) is 11.6. The zero-order chi connectivity index (χ0) is 28.3. The summed E-state index contributed by atoms with van der Waals surface area (Å²) in [5.74, 6) is -1.61. The number of nitrogens with one attached hydrogen (secondary N) is 1. The van der Waals surface area contributed by atoms with Gasteiger partial charge in [-0.2, -0.15) is 0 Å². The summed E-state index contributed by atoms with van der Waals surface area (Å²) < 4.78 is 47.1. The molecule has 0 unspecified atom stereocenters. The second-order valence-corrected chi connectivity index (χ2v) is 11.3. The first-order valence-electron chi connectivity index (χ1n) is 12.6. The fourth-order valence-corrected chi connectivity index (χ4v) is 5.61. The van der Waals surface area contributed by atoms with Gasteiger partial charge in [0.25, 0.3) is 0 Å². The third kappa shape index (κ3) is 5.75. The maximum absolute atomic E-state index is 13.6. The van der Waals surface area contributed by atoms with Crippen LogP contribution in [0.5, 0.6) is 0 Å². The Labute approximate surface area is 231 Å². The zero-order valence-electron chi connectivity index (χ0n) is 21.7. The lowest BCUT2D eigenvalue weighted by Gasteiger charge is -2.25. The Morgan fingerprint density at radius 3 is 2.20 bits per heavy atom. The Hall–Kier alpha value is -4.47. The predicted octanol–water partition coefficient (Wildman–Crippen LogP) is 6.16. The first-order chi connectivity index (χ1) is 19.2. The molecule has 0 saturated heterocycles. The summed E-state index contributed by atoms with van der Waals surface area (Å²) in [6.07, 6.45) is 1.14. The molecule has 2 N–H and O–H groups in total. The topological polar surface area (TPSA) is 99.9 Å². The van der Waals surface area contributed by atoms with Crippen LogP contribution in [0.3, 0.4) is 0 Å². The second-order valence-electron chi connectivity index (χ2n) is 9.35. The van der Waals surface area contributed by atoms with Crippen molar-refractivity contribution < 1.29 is 27.1 Å². The summed E-state index contributed by atoms with van der Waals surface area (Å²) in [7, 11) is -3.75. The van der Waals surface area contributed by atoms with Crippen molar-refractivity contribution in [1.82, 2.24) is 5.32 Å². The summed E-state index contributed by atoms with van der Waals surface area (Å²) in [4.78, 5) is 12.4. The summed E-state index contributed by atoms with van der Waals surface area (Å²) in [5.41, 5.74) is 3.20. The Bertz CT molecular complexity index is 1750. The van der Waals surface area contributed by atoms with Gasteiger partial charge < -0.3 is 14.8 Å². The number of fused-ring (bicyclic) bond motifs is 1. The number of hydrogen-bond donors (Lipinski definition) is 2. The van der Waals surface area contributed by atoms with Crippen LogP contribution in [0.15, 0.2) is 101 Å². The fraction of sp³-hybridized carbons (Fsp3) is 0.129. The van der Waals surface area contributed by atoms with E-state index >= 15 is 0 Å². The number of hydrogen-bond acceptors (Lipinski definition) is 5. The van der Waals surface area contributed by atoms with E-state index in [4.69, 9.17) is 4.42 Å². The number of halogens is 1. The molecule has 0 aliphatic rings. The van der Waals surface area contributed by atoms with Gasteiger partial charge in [-0.1, -0.05) is 60.7 Å². The highest BCUT2D eigenvalue weighted by atomic mass is 32.2. The number of carbonyl (C=O) groups is 1. The predicted molar refractivity (Wildman–Crippen MR) is 154 cm³/mol. The first kappa shape index (κ1) is 27.1. The van der Waals surface area contributed by atoms with Crippen LogP contribution >= 0.6 is 0 Å². The van der Waals surface area contributed by atoms with Crippen molar-refractivity contribution in [2.45, 2.75) is 6.54 Å². The van der Waals surface area contributed by atoms with Crippen LogP contribution in [0.25, 0.3) is 33.4 Å². The molecule has 0 amide bonds. The lowest BCUT2D eigenvalue weighted by molar-refractivity contribution is 0.0699. The summed E-state index contributed by atoms with van der Waals surface area (Å²) in [6, 6.07) is 27.5. The summed E-state index contributed by atoms with van der Waals surface area (Å²) in [6.45, 7) is 1.08. The molecule has 0 spiro atoms. The van der Waals surface area contributed by atoms with Gasteiger partial charge in [0, 0.05) is 42.2 Å². The van der Waals surface area contributed by atoms with E-state index in [0.717, 1.165) is 11.8 Å². The van der Waals surface area contributed by atoms with Crippen LogP contribution < -0.4 is 9.62 Å². The number of aromatic carboxylic acids is 1. The molecule has 1 aromatic heterocycles. The minimum absolute atomic E-state index is 0.0640. The van der Waals surface area contributed by atoms with Crippen molar-refractivity contribution in [2.75, 3.05) is 23.7 Å². The maximum Gasteiger partial charge on any atom is 0.340 e. The number of furan rings is 1. The van der Waals surface area contributed by atoms with Gasteiger partial charge in [0.2, 0.25) is 10.0 Å². The highest BCUT2D eigenvalue weighted by Gasteiger charge is 2.27. The number of nitrogens with zero attached hydrogens (tertiary/aromatic N) is 1. The van der Waals surface area contributed by atoms with E-state index in [1.54, 1.807) is 12.1 Å². The Morgan fingerprint density at radius 2 is 1.57 bits per heavy atom. The molecule has 0 aliphatic heterocycles. The van der Waals surface area contributed by atoms with Crippen molar-refractivity contribution in [2.24, 2.45) is 0 Å². The monoisotopic (exact) mass is 558 g/mol. The van der Waals surface area contributed by atoms with Crippen LogP contribution in [0, 0.1) is 5.82 Å². The summed E-state index contributed by atoms with van der Waals surface area (Å²) >= 11 is 0. The molecular formula is C31H27FN2O5S. The number of carboxylic acid groups (broad SMARTS) is 1. The molecule has 40 heavy (non-hydrogen) atoms. The molecule has 0 aliphatic carbocycles. The van der Waals surface area contributed by atoms with E-state index in [1.807, 2.05) is 60.7 Å². The number of sulfonamides is 1. The first-order valence-corrected chi connectivity index (χ1v) is 14.4. The lowest BCUT2D eigenvalue weighted by atomic mass is 9.99. The number of anilines is 1. The number of benzene rings is 4. The van der Waals surface area contributed by atoms with Gasteiger partial charge >= 0.3 is 5.97 Å². The molecule has 4 aromatic carbocycles. The molecular weight excluding hydrogens is 531 g/mol. The minimum Gasteiger partial charge on any atom is -0.478 e. The van der Waals surface area contributed by atoms with Crippen LogP contribution in [-0.2, 0) is 16.6 Å². The van der Waals surface area contributed by atoms with Crippen LogP contribution in [0.1, 0.15) is 15.9 Å². The van der Waals surface area contributed by atoms with Crippen molar-refractivity contribution in [1.29, 1.82) is 0 Å². The molecule has 9 heteroatoms. The smallest absolute Gasteiger partial charge is 0.340 e. The van der Waals surface area contributed by atoms with Crippen molar-refractivity contribution in [3.8, 4) is 22.5 Å². The van der Waals surface area contributed by atoms with E-state index in [-0.39, 0.29) is 23.5 Å². The lowest BCUT2D eigenvalue weighted by Crippen LogP contribution is -2.36. The average molecular weight is 559 g/mol. The van der Waals surface area contributed by atoms with E-state index in [1.165, 1.54) is 28.6 Å². The van der Waals surface area contributed by atoms with Crippen molar-refractivity contribution in [3.05, 3.63) is 114 Å². The van der Waals surface area contributed by atoms with Crippen LogP contribution in [-0.4, -0.2) is 38.8 Å². The number of carboxylic acids is 1. The van der Waals surface area contributed by atoms with Gasteiger partial charge in [-0.25, -0.2) is 17.6 Å². The van der Waals surface area contributed by atoms with Gasteiger partial charge in [0.1, 0.15) is 22.7 Å². The van der Waals surface area contributed by atoms with Crippen LogP contribution in [0.2, 0.25) is 0 Å². The SMILES string of the molecule is CS(=O)(=O)N(CCNCc1ccccc1)c1cc2oc(-c3ccc(F)cc3)c(C(=O)O)c2cc1-c1ccccc1. The molecule has 0 radical (unpaired) electrons. The van der Waals surface area contributed by atoms with E-state index in [9.17, 15) is 22.7 Å². The third-order valence-corrected chi connectivity index (χ3v) is 7.72. The van der Waals surface area contributed by atoms with Gasteiger partial charge in [-0.05, 0) is 41.5 Å². The van der Waals surface area contributed by atoms with Crippen molar-refractivity contribution in [3.63, 3.8) is 0 Å². The van der Waals surface area contributed by atoms with Gasteiger partial charge in [0.05, 0.1) is 11.9 Å². The molecule has 0 atom stereocenters. The van der Waals surface area contributed by atoms with Gasteiger partial charge in [0.15, 0.2) is 0 Å². The standard InChI is InChI=1S/C31H27FN2O5S/c1-40(37,38)34(17-16-33-20-21-8-4-2-5-9-21)27-19-28-26(18-25(27)22-10-6-3-7-11-22)29(31(35)36)30(39-28)23-12-14-24(32)15-13-23/h2-15,18-19,33H,16-17,20H2,1H3,(H,35,36). The molecule has 7 nitrogen and oxygen atoms in total. The molecule has 204 valence electrons. The number of rotatable bonds is 10. The fourth-order valence-electron chi connectivity index (χ4n) is 4.68. The van der Waals surface area contributed by atoms with E-state index in [0.29, 0.717) is 40.9 Å². The van der Waals surface area contributed by atoms with Gasteiger partial charge in [-0.3, -0.25) is 4.31 Å². The Morgan fingerprint density at radius 1 is 0.925 bits per heavy atom. The summed E-state index contributed by atoms with van der Waals surface area (Å²) in [5, 5.41) is 13.7. The highest BCUT2D eigenvalue weighted by Crippen LogP contribution is 2.41. The maximum atomic E-state index is 13.6. The molecule has 0 fully saturated rings. The Kier molecular flexibility index (Phi) is 7.68. The molecule has 5 aromatic rings. The zero-order valence-corrected chi connectivity index (χ0v) is 22.5. The van der Waals surface area contributed by atoms with Crippen molar-refractivity contribution >= 4 is 32.6 Å². The highest BCUT2D eigenvalue weighted by molar-refractivity contribution is 7.92. The largest absolute Gasteiger partial charge is 0.478 e. The third-order valence-electron chi connectivity index (χ3n) is 6.54. The minimum atomic E-state index is -3.75. The molecule has 5 rings (SSSR count). The molecule has 1 heterocycles. The molecule has 0 saturated carbocycles. The van der Waals surface area contributed by atoms with Gasteiger partial charge in [-0.15, -0.1) is 0 Å². The average Bonchev–Trinajstić information content (AvgIpc) is 3.32. The van der Waals surface area contributed by atoms with Crippen LogP contribution in [0.4, 0.5) is 10.1 Å². The van der Waals surface area contributed by atoms with E-state index < -0.39 is 21.8 Å².